The number of hydrogen-bond acceptors (Lipinski definition) is 2. The predicted molar refractivity (Wildman–Crippen MR) is 54.6 cm³/mol. The topological polar surface area (TPSA) is 42.0 Å². The zero-order valence-electron chi connectivity index (χ0n) is 7.26. The minimum absolute atomic E-state index is 0.0704. The van der Waals surface area contributed by atoms with E-state index in [-0.39, 0.29) is 11.8 Å². The Labute approximate surface area is 91.4 Å². The van der Waals surface area contributed by atoms with E-state index in [0.717, 1.165) is 5.56 Å². The average Bonchev–Trinajstić information content (AvgIpc) is 2.57. The van der Waals surface area contributed by atoms with Crippen LogP contribution in [0.25, 0.3) is 0 Å². The van der Waals surface area contributed by atoms with Gasteiger partial charge < -0.3 is 5.32 Å². The lowest BCUT2D eigenvalue weighted by atomic mass is 10.0. The summed E-state index contributed by atoms with van der Waals surface area (Å²) in [5.74, 6) is 0.242. The number of carbonyl (C=O) groups is 1. The van der Waals surface area contributed by atoms with Gasteiger partial charge in [0.15, 0.2) is 0 Å². The Hall–Kier alpha value is -0.800. The first-order valence-corrected chi connectivity index (χ1v) is 5.00. The van der Waals surface area contributed by atoms with Crippen LogP contribution in [-0.4, -0.2) is 17.4 Å². The van der Waals surface area contributed by atoms with E-state index in [9.17, 15) is 4.79 Å². The highest BCUT2D eigenvalue weighted by Gasteiger charge is 2.23. The maximum atomic E-state index is 11.0. The van der Waals surface area contributed by atoms with E-state index in [4.69, 9.17) is 23.2 Å². The fourth-order valence-corrected chi connectivity index (χ4v) is 1.78. The highest BCUT2D eigenvalue weighted by atomic mass is 35.5. The molecule has 2 heterocycles. The predicted octanol–water partition coefficient (Wildman–Crippen LogP) is 1.99. The van der Waals surface area contributed by atoms with Crippen molar-refractivity contribution >= 4 is 29.1 Å². The third kappa shape index (κ3) is 1.83. The monoisotopic (exact) mass is 230 g/mol. The number of nitrogens with zero attached hydrogens (tertiary/aromatic N) is 1. The summed E-state index contributed by atoms with van der Waals surface area (Å²) in [6.45, 7) is 0.651. The van der Waals surface area contributed by atoms with Crippen molar-refractivity contribution in [2.75, 3.05) is 6.54 Å². The number of amides is 1. The summed E-state index contributed by atoms with van der Waals surface area (Å²) in [6, 6.07) is 1.77. The molecular weight excluding hydrogens is 223 g/mol. The SMILES string of the molecule is O=C1CC(c2cnc(Cl)c(Cl)c2)CN1. The summed E-state index contributed by atoms with van der Waals surface area (Å²) >= 11 is 11.5. The van der Waals surface area contributed by atoms with Gasteiger partial charge in [0.1, 0.15) is 5.15 Å². The average molecular weight is 231 g/mol. The first-order chi connectivity index (χ1) is 6.66. The van der Waals surface area contributed by atoms with Gasteiger partial charge in [-0.1, -0.05) is 23.2 Å². The highest BCUT2D eigenvalue weighted by Crippen LogP contribution is 2.27. The lowest BCUT2D eigenvalue weighted by Crippen LogP contribution is -2.13. The second-order valence-corrected chi connectivity index (χ2v) is 4.01. The van der Waals surface area contributed by atoms with Gasteiger partial charge in [-0.3, -0.25) is 4.79 Å². The Balaban J connectivity index is 2.24. The number of hydrogen-bond donors (Lipinski definition) is 1. The largest absolute Gasteiger partial charge is 0.355 e. The van der Waals surface area contributed by atoms with E-state index in [1.54, 1.807) is 12.3 Å². The number of aromatic nitrogens is 1. The smallest absolute Gasteiger partial charge is 0.220 e. The molecule has 14 heavy (non-hydrogen) atoms. The third-order valence-electron chi connectivity index (χ3n) is 2.27. The summed E-state index contributed by atoms with van der Waals surface area (Å²) in [6.07, 6.45) is 2.17. The minimum atomic E-state index is 0.0704. The normalized spacial score (nSPS) is 21.0. The first kappa shape index (κ1) is 9.74. The van der Waals surface area contributed by atoms with Crippen molar-refractivity contribution < 1.29 is 4.79 Å². The molecule has 0 saturated carbocycles. The van der Waals surface area contributed by atoms with E-state index in [1.807, 2.05) is 0 Å². The van der Waals surface area contributed by atoms with Gasteiger partial charge in [-0.05, 0) is 11.6 Å². The molecule has 2 rings (SSSR count). The Kier molecular flexibility index (Phi) is 2.61. The lowest BCUT2D eigenvalue weighted by molar-refractivity contribution is -0.119. The van der Waals surface area contributed by atoms with Crippen LogP contribution in [-0.2, 0) is 4.79 Å². The van der Waals surface area contributed by atoms with Crippen molar-refractivity contribution in [3.8, 4) is 0 Å². The molecule has 0 radical (unpaired) electrons. The fourth-order valence-electron chi connectivity index (χ4n) is 1.50. The number of pyridine rings is 1. The number of halogens is 2. The molecule has 1 aliphatic heterocycles. The maximum Gasteiger partial charge on any atom is 0.220 e. The molecule has 1 aromatic rings. The first-order valence-electron chi connectivity index (χ1n) is 4.24. The van der Waals surface area contributed by atoms with Crippen LogP contribution in [0.2, 0.25) is 10.2 Å². The number of nitrogens with one attached hydrogen (secondary N) is 1. The zero-order valence-corrected chi connectivity index (χ0v) is 8.77. The molecule has 1 aromatic heterocycles. The van der Waals surface area contributed by atoms with Crippen LogP contribution >= 0.6 is 23.2 Å². The molecule has 3 nitrogen and oxygen atoms in total. The molecule has 1 atom stereocenters. The number of rotatable bonds is 1. The molecule has 5 heteroatoms. The molecule has 1 fully saturated rings. The molecule has 0 bridgehead atoms. The highest BCUT2D eigenvalue weighted by molar-refractivity contribution is 6.41. The van der Waals surface area contributed by atoms with E-state index in [2.05, 4.69) is 10.3 Å². The van der Waals surface area contributed by atoms with Crippen LogP contribution < -0.4 is 5.32 Å². The maximum absolute atomic E-state index is 11.0. The Bertz CT molecular complexity index is 381. The van der Waals surface area contributed by atoms with Crippen LogP contribution in [0.4, 0.5) is 0 Å². The van der Waals surface area contributed by atoms with Crippen molar-refractivity contribution in [2.45, 2.75) is 12.3 Å². The molecule has 1 aliphatic rings. The van der Waals surface area contributed by atoms with Crippen molar-refractivity contribution in [1.29, 1.82) is 0 Å². The lowest BCUT2D eigenvalue weighted by Gasteiger charge is -2.07. The van der Waals surface area contributed by atoms with Gasteiger partial charge in [0.05, 0.1) is 5.02 Å². The van der Waals surface area contributed by atoms with E-state index in [1.165, 1.54) is 0 Å². The standard InChI is InChI=1S/C9H8Cl2N2O/c10-7-1-5(4-13-9(7)11)6-2-8(14)12-3-6/h1,4,6H,2-3H2,(H,12,14). The summed E-state index contributed by atoms with van der Waals surface area (Å²) in [4.78, 5) is 14.9. The fraction of sp³-hybridized carbons (Fsp3) is 0.333. The Morgan fingerprint density at radius 2 is 2.29 bits per heavy atom. The summed E-state index contributed by atoms with van der Waals surface area (Å²) in [5.41, 5.74) is 0.956. The van der Waals surface area contributed by atoms with E-state index < -0.39 is 0 Å². The summed E-state index contributed by atoms with van der Waals surface area (Å²) < 4.78 is 0. The molecule has 0 aliphatic carbocycles. The van der Waals surface area contributed by atoms with Gasteiger partial charge in [0.25, 0.3) is 0 Å². The van der Waals surface area contributed by atoms with Gasteiger partial charge in [-0.25, -0.2) is 4.98 Å². The molecular formula is C9H8Cl2N2O. The van der Waals surface area contributed by atoms with Crippen LogP contribution in [0.15, 0.2) is 12.3 Å². The van der Waals surface area contributed by atoms with E-state index in [0.29, 0.717) is 23.1 Å². The van der Waals surface area contributed by atoms with Crippen LogP contribution in [0.5, 0.6) is 0 Å². The van der Waals surface area contributed by atoms with Gasteiger partial charge in [-0.2, -0.15) is 0 Å². The van der Waals surface area contributed by atoms with Gasteiger partial charge in [-0.15, -0.1) is 0 Å². The second kappa shape index (κ2) is 3.75. The van der Waals surface area contributed by atoms with Crippen LogP contribution in [0, 0.1) is 0 Å². The van der Waals surface area contributed by atoms with Gasteiger partial charge in [0, 0.05) is 25.1 Å². The molecule has 0 spiro atoms. The minimum Gasteiger partial charge on any atom is -0.355 e. The quantitative estimate of drug-likeness (QED) is 0.751. The zero-order chi connectivity index (χ0) is 10.1. The van der Waals surface area contributed by atoms with Crippen LogP contribution in [0.1, 0.15) is 17.9 Å². The Morgan fingerprint density at radius 1 is 1.50 bits per heavy atom. The number of carbonyl (C=O) groups excluding carboxylic acids is 1. The second-order valence-electron chi connectivity index (χ2n) is 3.25. The summed E-state index contributed by atoms with van der Waals surface area (Å²) in [5, 5.41) is 3.49. The molecule has 1 amide bonds. The molecule has 1 unspecified atom stereocenters. The third-order valence-corrected chi connectivity index (χ3v) is 2.95. The van der Waals surface area contributed by atoms with Gasteiger partial charge in [0.2, 0.25) is 5.91 Å². The van der Waals surface area contributed by atoms with Crippen molar-refractivity contribution in [3.05, 3.63) is 28.0 Å². The molecule has 0 aromatic carbocycles. The van der Waals surface area contributed by atoms with E-state index >= 15 is 0 Å². The van der Waals surface area contributed by atoms with Crippen LogP contribution in [0.3, 0.4) is 0 Å². The van der Waals surface area contributed by atoms with Crippen molar-refractivity contribution in [3.63, 3.8) is 0 Å². The molecule has 1 saturated heterocycles. The van der Waals surface area contributed by atoms with Crippen molar-refractivity contribution in [1.82, 2.24) is 10.3 Å². The summed E-state index contributed by atoms with van der Waals surface area (Å²) in [7, 11) is 0. The Morgan fingerprint density at radius 3 is 2.86 bits per heavy atom. The van der Waals surface area contributed by atoms with Crippen molar-refractivity contribution in [2.24, 2.45) is 0 Å². The molecule has 1 N–H and O–H groups in total. The molecule has 74 valence electrons. The van der Waals surface area contributed by atoms with Gasteiger partial charge >= 0.3 is 0 Å².